The highest BCUT2D eigenvalue weighted by molar-refractivity contribution is 7.99. The molecule has 31 heavy (non-hydrogen) atoms. The second-order valence-corrected chi connectivity index (χ2v) is 8.91. The van der Waals surface area contributed by atoms with Crippen molar-refractivity contribution in [2.45, 2.75) is 25.5 Å². The van der Waals surface area contributed by atoms with Gasteiger partial charge in [0.1, 0.15) is 0 Å². The number of amides is 1. The van der Waals surface area contributed by atoms with Crippen LogP contribution in [0.4, 0.5) is 11.4 Å². The van der Waals surface area contributed by atoms with E-state index in [1.165, 1.54) is 18.2 Å². The zero-order chi connectivity index (χ0) is 22.7. The van der Waals surface area contributed by atoms with Gasteiger partial charge in [-0.05, 0) is 30.2 Å². The molecule has 0 fully saturated rings. The van der Waals surface area contributed by atoms with Crippen LogP contribution < -0.4 is 10.9 Å². The number of halogens is 2. The molecule has 1 amide bonds. The number of nitro benzene ring substituents is 1. The molecule has 3 rings (SSSR count). The molecule has 0 atom stereocenters. The highest BCUT2D eigenvalue weighted by Crippen LogP contribution is 2.27. The number of rotatable bonds is 7. The summed E-state index contributed by atoms with van der Waals surface area (Å²) < 4.78 is 1.54. The highest BCUT2D eigenvalue weighted by Gasteiger charge is 2.16. The van der Waals surface area contributed by atoms with Crippen LogP contribution in [0.1, 0.15) is 13.8 Å². The monoisotopic (exact) mass is 480 g/mol. The Balaban J connectivity index is 1.86. The zero-order valence-corrected chi connectivity index (χ0v) is 18.9. The van der Waals surface area contributed by atoms with Crippen molar-refractivity contribution in [3.05, 3.63) is 66.9 Å². The molecule has 0 spiro atoms. The summed E-state index contributed by atoms with van der Waals surface area (Å²) in [7, 11) is 0. The van der Waals surface area contributed by atoms with Gasteiger partial charge in [0.2, 0.25) is 5.91 Å². The summed E-state index contributed by atoms with van der Waals surface area (Å²) in [5, 5.41) is 15.0. The molecule has 11 heteroatoms. The summed E-state index contributed by atoms with van der Waals surface area (Å²) in [6, 6.07) is 8.66. The average Bonchev–Trinajstić information content (AvgIpc) is 2.69. The number of non-ortho nitro benzene ring substituents is 1. The van der Waals surface area contributed by atoms with Crippen LogP contribution in [0.25, 0.3) is 10.9 Å². The molecule has 8 nitrogen and oxygen atoms in total. The van der Waals surface area contributed by atoms with E-state index in [0.29, 0.717) is 27.6 Å². The third kappa shape index (κ3) is 5.55. The van der Waals surface area contributed by atoms with Gasteiger partial charge in [0.15, 0.2) is 5.16 Å². The number of nitrogens with zero attached hydrogens (tertiary/aromatic N) is 3. The average molecular weight is 481 g/mol. The van der Waals surface area contributed by atoms with Gasteiger partial charge in [-0.15, -0.1) is 0 Å². The van der Waals surface area contributed by atoms with Gasteiger partial charge >= 0.3 is 0 Å². The summed E-state index contributed by atoms with van der Waals surface area (Å²) in [4.78, 5) is 40.3. The van der Waals surface area contributed by atoms with E-state index in [-0.39, 0.29) is 33.6 Å². The number of carbonyl (C=O) groups is 1. The van der Waals surface area contributed by atoms with Crippen molar-refractivity contribution < 1.29 is 9.72 Å². The summed E-state index contributed by atoms with van der Waals surface area (Å²) >= 11 is 13.2. The van der Waals surface area contributed by atoms with Crippen LogP contribution in [-0.2, 0) is 11.3 Å². The number of nitrogens with one attached hydrogen (secondary N) is 1. The van der Waals surface area contributed by atoms with E-state index in [1.54, 1.807) is 22.8 Å². The van der Waals surface area contributed by atoms with Crippen molar-refractivity contribution in [3.8, 4) is 0 Å². The SMILES string of the molecule is CC(C)Cn1c(SCC(=O)Nc2cc([N+](=O)[O-])ccc2Cl)nc2cc(Cl)ccc2c1=O. The number of anilines is 1. The van der Waals surface area contributed by atoms with Crippen molar-refractivity contribution >= 4 is 63.1 Å². The number of thioether (sulfide) groups is 1. The molecular formula is C20H18Cl2N4O4S. The molecule has 0 aliphatic heterocycles. The molecule has 1 aromatic heterocycles. The molecule has 1 N–H and O–H groups in total. The molecule has 0 saturated carbocycles. The van der Waals surface area contributed by atoms with Gasteiger partial charge < -0.3 is 5.32 Å². The fourth-order valence-corrected chi connectivity index (χ4v) is 3.99. The van der Waals surface area contributed by atoms with Gasteiger partial charge in [-0.3, -0.25) is 24.3 Å². The van der Waals surface area contributed by atoms with Gasteiger partial charge in [-0.1, -0.05) is 48.8 Å². The van der Waals surface area contributed by atoms with Crippen LogP contribution in [-0.4, -0.2) is 26.1 Å². The number of hydrogen-bond acceptors (Lipinski definition) is 6. The number of benzene rings is 2. The van der Waals surface area contributed by atoms with Gasteiger partial charge in [-0.2, -0.15) is 0 Å². The lowest BCUT2D eigenvalue weighted by Crippen LogP contribution is -2.26. The molecule has 0 unspecified atom stereocenters. The van der Waals surface area contributed by atoms with E-state index in [2.05, 4.69) is 10.3 Å². The maximum atomic E-state index is 13.0. The quantitative estimate of drug-likeness (QED) is 0.220. The van der Waals surface area contributed by atoms with Gasteiger partial charge in [-0.25, -0.2) is 4.98 Å². The molecule has 0 radical (unpaired) electrons. The number of carbonyl (C=O) groups excluding carboxylic acids is 1. The summed E-state index contributed by atoms with van der Waals surface area (Å²) in [6.07, 6.45) is 0. The van der Waals surface area contributed by atoms with Crippen LogP contribution in [0.2, 0.25) is 10.0 Å². The largest absolute Gasteiger partial charge is 0.324 e. The second-order valence-electron chi connectivity index (χ2n) is 7.12. The fraction of sp³-hybridized carbons (Fsp3) is 0.250. The Morgan fingerprint density at radius 3 is 2.68 bits per heavy atom. The minimum absolute atomic E-state index is 0.0738. The molecular weight excluding hydrogens is 463 g/mol. The summed E-state index contributed by atoms with van der Waals surface area (Å²) in [6.45, 7) is 4.39. The molecule has 0 aliphatic rings. The number of hydrogen-bond donors (Lipinski definition) is 1. The van der Waals surface area contributed by atoms with E-state index in [4.69, 9.17) is 23.2 Å². The Labute approximate surface area is 191 Å². The molecule has 2 aromatic carbocycles. The standard InChI is InChI=1S/C20H18Cl2N4O4S/c1-11(2)9-25-19(28)14-5-3-12(21)7-16(14)24-20(25)31-10-18(27)23-17-8-13(26(29)30)4-6-15(17)22/h3-8,11H,9-10H2,1-2H3,(H,23,27). The molecule has 0 aliphatic carbocycles. The molecule has 162 valence electrons. The molecule has 0 bridgehead atoms. The minimum atomic E-state index is -0.574. The predicted molar refractivity (Wildman–Crippen MR) is 123 cm³/mol. The van der Waals surface area contributed by atoms with Crippen LogP contribution in [0, 0.1) is 16.0 Å². The Morgan fingerprint density at radius 2 is 2.00 bits per heavy atom. The first-order valence-corrected chi connectivity index (χ1v) is 11.0. The van der Waals surface area contributed by atoms with Crippen molar-refractivity contribution in [2.24, 2.45) is 5.92 Å². The predicted octanol–water partition coefficient (Wildman–Crippen LogP) is 5.00. The van der Waals surface area contributed by atoms with E-state index < -0.39 is 10.8 Å². The van der Waals surface area contributed by atoms with Crippen LogP contribution >= 0.6 is 35.0 Å². The second kappa shape index (κ2) is 9.67. The van der Waals surface area contributed by atoms with Crippen molar-refractivity contribution in [2.75, 3.05) is 11.1 Å². The van der Waals surface area contributed by atoms with Crippen molar-refractivity contribution in [3.63, 3.8) is 0 Å². The lowest BCUT2D eigenvalue weighted by atomic mass is 10.2. The summed E-state index contributed by atoms with van der Waals surface area (Å²) in [5.41, 5.74) is 0.188. The topological polar surface area (TPSA) is 107 Å². The van der Waals surface area contributed by atoms with E-state index in [9.17, 15) is 19.7 Å². The van der Waals surface area contributed by atoms with Crippen LogP contribution in [0.3, 0.4) is 0 Å². The Morgan fingerprint density at radius 1 is 1.26 bits per heavy atom. The zero-order valence-electron chi connectivity index (χ0n) is 16.6. The Kier molecular flexibility index (Phi) is 7.19. The molecule has 3 aromatic rings. The number of fused-ring (bicyclic) bond motifs is 1. The first-order chi connectivity index (χ1) is 14.7. The van der Waals surface area contributed by atoms with E-state index in [1.807, 2.05) is 13.8 Å². The Hall–Kier alpha value is -2.62. The summed E-state index contributed by atoms with van der Waals surface area (Å²) in [5.74, 6) is -0.333. The van der Waals surface area contributed by atoms with Crippen molar-refractivity contribution in [1.82, 2.24) is 9.55 Å². The lowest BCUT2D eigenvalue weighted by Gasteiger charge is -2.15. The number of nitro groups is 1. The Bertz CT molecular complexity index is 1230. The first kappa shape index (κ1) is 23.1. The maximum absolute atomic E-state index is 13.0. The van der Waals surface area contributed by atoms with E-state index in [0.717, 1.165) is 11.8 Å². The minimum Gasteiger partial charge on any atom is -0.324 e. The fourth-order valence-electron chi connectivity index (χ4n) is 2.85. The highest BCUT2D eigenvalue weighted by atomic mass is 35.5. The number of aromatic nitrogens is 2. The maximum Gasteiger partial charge on any atom is 0.271 e. The van der Waals surface area contributed by atoms with Crippen LogP contribution in [0.15, 0.2) is 46.3 Å². The third-order valence-corrected chi connectivity index (χ3v) is 5.74. The molecule has 0 saturated heterocycles. The first-order valence-electron chi connectivity index (χ1n) is 9.22. The third-order valence-electron chi connectivity index (χ3n) is 4.20. The van der Waals surface area contributed by atoms with Crippen LogP contribution in [0.5, 0.6) is 0 Å². The molecule has 1 heterocycles. The van der Waals surface area contributed by atoms with Crippen molar-refractivity contribution in [1.29, 1.82) is 0 Å². The van der Waals surface area contributed by atoms with Gasteiger partial charge in [0, 0.05) is 23.7 Å². The smallest absolute Gasteiger partial charge is 0.271 e. The van der Waals surface area contributed by atoms with Gasteiger partial charge in [0.05, 0.1) is 32.3 Å². The lowest BCUT2D eigenvalue weighted by molar-refractivity contribution is -0.384. The van der Waals surface area contributed by atoms with E-state index >= 15 is 0 Å². The normalized spacial score (nSPS) is 11.1. The van der Waals surface area contributed by atoms with Gasteiger partial charge in [0.25, 0.3) is 11.2 Å².